The topological polar surface area (TPSA) is 322 Å². The van der Waals surface area contributed by atoms with Gasteiger partial charge in [0, 0.05) is 29.9 Å². The molecule has 4 rings (SSSR count). The Morgan fingerprint density at radius 3 is 2.13 bits per heavy atom. The molecule has 0 aromatic heterocycles. The van der Waals surface area contributed by atoms with Crippen molar-refractivity contribution in [2.75, 3.05) is 25.0 Å². The molecule has 0 saturated carbocycles. The molecule has 2 aromatic rings. The van der Waals surface area contributed by atoms with Crippen LogP contribution in [0.15, 0.2) is 41.4 Å². The number of aliphatic carboxylic acids is 1. The third-order valence-electron chi connectivity index (χ3n) is 10.9. The maximum absolute atomic E-state index is 14.5. The maximum atomic E-state index is 14.5. The number of phenolic OH excluding ortho intramolecular Hbond substituents is 1. The first-order valence-corrected chi connectivity index (χ1v) is 20.2. The number of guanidine groups is 1. The number of unbranched alkanes of at least 4 members (excludes halogenated alkanes) is 1. The van der Waals surface area contributed by atoms with Crippen molar-refractivity contribution in [3.05, 3.63) is 58.7 Å². The van der Waals surface area contributed by atoms with E-state index >= 15 is 0 Å². The minimum atomic E-state index is -1.66. The Labute approximate surface area is 347 Å². The van der Waals surface area contributed by atoms with E-state index in [-0.39, 0.29) is 78.6 Å². The molecule has 2 aliphatic rings. The number of carboxylic acids is 1. The largest absolute Gasteiger partial charge is 0.507 e. The first-order chi connectivity index (χ1) is 28.5. The molecule has 0 spiro atoms. The van der Waals surface area contributed by atoms with Gasteiger partial charge in [0.25, 0.3) is 0 Å². The number of benzene rings is 2. The van der Waals surface area contributed by atoms with Crippen LogP contribution in [-0.4, -0.2) is 123 Å². The standard InChI is InChI=1S/C41H57N9O10/c1-4-21(2)32(36(42)55)45-18-8-7-13-26(37(56)49-33(22(3)51)40(59)60)48-38(57)28-15-10-20-50(28)39(58)27(14-9-19-46-41(43)44)47-25-16-17-29(52)31-30(25)34(53)23-11-5-6-12-24(23)35(31)54/h5-6,11-12,16-17,21-22,26-28,32-33,45,47,51-52H,4,7-10,13-15,18-20H2,1-3H3,(H2,42,55)(H,48,57)(H,49,56)(H,59,60)(H4,43,44,46)/t21-,22+,26-,27-,28-,32-,33-/m0/s1. The predicted octanol–water partition coefficient (Wildman–Crippen LogP) is 0.0876. The van der Waals surface area contributed by atoms with Gasteiger partial charge in [0.2, 0.25) is 23.6 Å². The molecule has 1 heterocycles. The molecule has 4 amide bonds. The van der Waals surface area contributed by atoms with Crippen molar-refractivity contribution in [1.29, 1.82) is 0 Å². The number of aromatic hydroxyl groups is 1. The van der Waals surface area contributed by atoms with E-state index < -0.39 is 83.2 Å². The normalized spacial score (nSPS) is 17.5. The van der Waals surface area contributed by atoms with Crippen molar-refractivity contribution in [2.24, 2.45) is 28.1 Å². The number of nitrogens with zero attached hydrogens (tertiary/aromatic N) is 2. The average Bonchev–Trinajstić information content (AvgIpc) is 3.70. The van der Waals surface area contributed by atoms with Crippen molar-refractivity contribution in [2.45, 2.75) is 108 Å². The third-order valence-corrected chi connectivity index (χ3v) is 10.9. The highest BCUT2D eigenvalue weighted by atomic mass is 16.4. The second-order valence-corrected chi connectivity index (χ2v) is 15.3. The first kappa shape index (κ1) is 46.6. The van der Waals surface area contributed by atoms with E-state index in [4.69, 9.17) is 17.2 Å². The van der Waals surface area contributed by atoms with Gasteiger partial charge in [-0.3, -0.25) is 33.8 Å². The summed E-state index contributed by atoms with van der Waals surface area (Å²) in [7, 11) is 0. The van der Waals surface area contributed by atoms with Crippen molar-refractivity contribution in [1.82, 2.24) is 20.9 Å². The number of phenols is 1. The van der Waals surface area contributed by atoms with Gasteiger partial charge in [0.05, 0.1) is 23.3 Å². The fourth-order valence-corrected chi connectivity index (χ4v) is 7.51. The summed E-state index contributed by atoms with van der Waals surface area (Å²) < 4.78 is 0. The van der Waals surface area contributed by atoms with E-state index in [1.165, 1.54) is 36.1 Å². The monoisotopic (exact) mass is 835 g/mol. The zero-order valence-electron chi connectivity index (χ0n) is 34.1. The highest BCUT2D eigenvalue weighted by Gasteiger charge is 2.40. The summed E-state index contributed by atoms with van der Waals surface area (Å²) in [6.45, 7) is 5.70. The highest BCUT2D eigenvalue weighted by Crippen LogP contribution is 2.37. The summed E-state index contributed by atoms with van der Waals surface area (Å²) in [5.41, 5.74) is 16.6. The molecule has 2 aromatic carbocycles. The number of hydrogen-bond acceptors (Lipinski definition) is 12. The molecule has 1 aliphatic heterocycles. The number of ketones is 2. The molecule has 0 bridgehead atoms. The van der Waals surface area contributed by atoms with Gasteiger partial charge < -0.3 is 58.7 Å². The molecule has 19 nitrogen and oxygen atoms in total. The van der Waals surface area contributed by atoms with E-state index in [1.807, 2.05) is 13.8 Å². The second kappa shape index (κ2) is 21.3. The quantitative estimate of drug-likeness (QED) is 0.0278. The number of carbonyl (C=O) groups excluding carboxylic acids is 6. The molecule has 7 atom stereocenters. The molecule has 60 heavy (non-hydrogen) atoms. The number of rotatable bonds is 22. The molecule has 326 valence electrons. The highest BCUT2D eigenvalue weighted by molar-refractivity contribution is 6.31. The van der Waals surface area contributed by atoms with Crippen LogP contribution in [0.3, 0.4) is 0 Å². The van der Waals surface area contributed by atoms with E-state index in [9.17, 15) is 48.9 Å². The van der Waals surface area contributed by atoms with Gasteiger partial charge in [-0.1, -0.05) is 44.5 Å². The Hall–Kier alpha value is -6.08. The van der Waals surface area contributed by atoms with Crippen LogP contribution in [0.2, 0.25) is 0 Å². The Kier molecular flexibility index (Phi) is 16.5. The molecular formula is C41H57N9O10. The summed E-state index contributed by atoms with van der Waals surface area (Å²) in [6, 6.07) is 3.22. The lowest BCUT2D eigenvalue weighted by Gasteiger charge is -2.31. The minimum Gasteiger partial charge on any atom is -0.507 e. The Balaban J connectivity index is 1.57. The van der Waals surface area contributed by atoms with Crippen LogP contribution in [0, 0.1) is 5.92 Å². The summed E-state index contributed by atoms with van der Waals surface area (Å²) in [6.07, 6.45) is 1.15. The van der Waals surface area contributed by atoms with Gasteiger partial charge in [-0.25, -0.2) is 4.79 Å². The van der Waals surface area contributed by atoms with Crippen LogP contribution in [0.4, 0.5) is 5.69 Å². The molecule has 1 saturated heterocycles. The number of likely N-dealkylation sites (tertiary alicyclic amines) is 1. The number of primary amides is 1. The SMILES string of the molecule is CC[C@H](C)[C@H](NCCCC[C@H](NC(=O)[C@@H]1CCCN1C(=O)[C@H](CCCN=C(N)N)Nc1ccc(O)c2c1C(=O)c1ccccc1C2=O)C(=O)N[C@H](C(=O)O)[C@@H](C)O)C(N)=O. The van der Waals surface area contributed by atoms with Gasteiger partial charge in [0.15, 0.2) is 23.6 Å². The smallest absolute Gasteiger partial charge is 0.328 e. The van der Waals surface area contributed by atoms with Gasteiger partial charge in [-0.15, -0.1) is 0 Å². The van der Waals surface area contributed by atoms with Crippen LogP contribution in [0.25, 0.3) is 0 Å². The summed E-state index contributed by atoms with van der Waals surface area (Å²) in [4.78, 5) is 98.5. The molecule has 1 aliphatic carbocycles. The molecule has 0 unspecified atom stereocenters. The number of anilines is 1. The van der Waals surface area contributed by atoms with E-state index in [0.29, 0.717) is 32.2 Å². The van der Waals surface area contributed by atoms with Crippen molar-refractivity contribution >= 4 is 52.8 Å². The number of aliphatic hydroxyl groups excluding tert-OH is 1. The Bertz CT molecular complexity index is 1970. The zero-order valence-corrected chi connectivity index (χ0v) is 34.1. The number of carbonyl (C=O) groups is 7. The van der Waals surface area contributed by atoms with Crippen molar-refractivity contribution in [3.8, 4) is 5.75 Å². The van der Waals surface area contributed by atoms with Crippen LogP contribution < -0.4 is 38.5 Å². The van der Waals surface area contributed by atoms with Crippen molar-refractivity contribution in [3.63, 3.8) is 0 Å². The number of aliphatic imine (C=N–C) groups is 1. The summed E-state index contributed by atoms with van der Waals surface area (Å²) >= 11 is 0. The molecule has 19 heteroatoms. The number of amides is 4. The molecular weight excluding hydrogens is 779 g/mol. The minimum absolute atomic E-state index is 0.0190. The number of aliphatic hydroxyl groups is 1. The number of nitrogens with two attached hydrogens (primary N) is 3. The van der Waals surface area contributed by atoms with E-state index in [2.05, 4.69) is 26.3 Å². The van der Waals surface area contributed by atoms with Crippen LogP contribution in [-0.2, 0) is 24.0 Å². The number of nitrogens with one attached hydrogen (secondary N) is 4. The van der Waals surface area contributed by atoms with E-state index in [1.54, 1.807) is 12.1 Å². The van der Waals surface area contributed by atoms with Gasteiger partial charge in [0.1, 0.15) is 23.9 Å². The van der Waals surface area contributed by atoms with Crippen LogP contribution in [0.5, 0.6) is 5.75 Å². The summed E-state index contributed by atoms with van der Waals surface area (Å²) in [5, 5.41) is 41.6. The number of carboxylic acid groups (broad SMARTS) is 1. The van der Waals surface area contributed by atoms with Gasteiger partial charge >= 0.3 is 5.97 Å². The number of hydrogen-bond donors (Lipinski definition) is 10. The lowest BCUT2D eigenvalue weighted by atomic mass is 9.82. The number of fused-ring (bicyclic) bond motifs is 2. The van der Waals surface area contributed by atoms with Crippen LogP contribution in [0.1, 0.15) is 104 Å². The fraction of sp³-hybridized carbons (Fsp3) is 0.512. The Morgan fingerprint density at radius 1 is 0.883 bits per heavy atom. The van der Waals surface area contributed by atoms with Gasteiger partial charge in [-0.05, 0) is 76.5 Å². The average molecular weight is 836 g/mol. The van der Waals surface area contributed by atoms with E-state index in [0.717, 1.165) is 0 Å². The lowest BCUT2D eigenvalue weighted by Crippen LogP contribution is -2.57. The fourth-order valence-electron chi connectivity index (χ4n) is 7.51. The van der Waals surface area contributed by atoms with Crippen LogP contribution >= 0.6 is 0 Å². The Morgan fingerprint density at radius 2 is 1.53 bits per heavy atom. The predicted molar refractivity (Wildman–Crippen MR) is 221 cm³/mol. The maximum Gasteiger partial charge on any atom is 0.328 e. The third kappa shape index (κ3) is 11.3. The van der Waals surface area contributed by atoms with Crippen molar-refractivity contribution < 1.29 is 48.9 Å². The van der Waals surface area contributed by atoms with Gasteiger partial charge in [-0.2, -0.15) is 0 Å². The molecule has 0 radical (unpaired) electrons. The second-order valence-electron chi connectivity index (χ2n) is 15.3. The summed E-state index contributed by atoms with van der Waals surface area (Å²) in [5.74, 6) is -5.72. The molecule has 1 fully saturated rings. The lowest BCUT2D eigenvalue weighted by molar-refractivity contribution is -0.145. The zero-order chi connectivity index (χ0) is 44.3. The molecule has 13 N–H and O–H groups in total. The first-order valence-electron chi connectivity index (χ1n) is 20.2.